The average molecular weight is 374 g/mol. The summed E-state index contributed by atoms with van der Waals surface area (Å²) in [5, 5.41) is 10.0. The SMILES string of the molecule is CSCC[C@@](C)(O)CNS(=O)(=O)c1ccc(Br)s1. The van der Waals surface area contributed by atoms with Crippen molar-refractivity contribution >= 4 is 49.1 Å². The fourth-order valence-corrected chi connectivity index (χ4v) is 5.03. The minimum Gasteiger partial charge on any atom is -0.389 e. The monoisotopic (exact) mass is 373 g/mol. The molecule has 0 amide bonds. The highest BCUT2D eigenvalue weighted by atomic mass is 79.9. The maximum Gasteiger partial charge on any atom is 0.250 e. The Balaban J connectivity index is 2.62. The van der Waals surface area contributed by atoms with Crippen LogP contribution in [-0.4, -0.2) is 37.7 Å². The molecule has 0 spiro atoms. The lowest BCUT2D eigenvalue weighted by atomic mass is 10.1. The molecule has 0 aliphatic heterocycles. The summed E-state index contributed by atoms with van der Waals surface area (Å²) in [7, 11) is -3.53. The second kappa shape index (κ2) is 6.71. The van der Waals surface area contributed by atoms with Gasteiger partial charge < -0.3 is 5.11 Å². The van der Waals surface area contributed by atoms with Crippen LogP contribution in [0.25, 0.3) is 0 Å². The van der Waals surface area contributed by atoms with Gasteiger partial charge in [-0.05, 0) is 53.4 Å². The van der Waals surface area contributed by atoms with E-state index in [-0.39, 0.29) is 10.8 Å². The Hall–Kier alpha value is 0.400. The number of nitrogens with one attached hydrogen (secondary N) is 1. The van der Waals surface area contributed by atoms with E-state index in [1.54, 1.807) is 24.8 Å². The van der Waals surface area contributed by atoms with E-state index in [2.05, 4.69) is 20.7 Å². The average Bonchev–Trinajstić information content (AvgIpc) is 2.72. The summed E-state index contributed by atoms with van der Waals surface area (Å²) in [6.45, 7) is 1.65. The van der Waals surface area contributed by atoms with Crippen molar-refractivity contribution in [3.05, 3.63) is 15.9 Å². The Morgan fingerprint density at radius 2 is 2.22 bits per heavy atom. The minimum absolute atomic E-state index is 0.0193. The van der Waals surface area contributed by atoms with Crippen LogP contribution >= 0.6 is 39.0 Å². The highest BCUT2D eigenvalue weighted by molar-refractivity contribution is 9.11. The Morgan fingerprint density at radius 1 is 1.56 bits per heavy atom. The van der Waals surface area contributed by atoms with E-state index in [1.807, 2.05) is 6.26 Å². The predicted octanol–water partition coefficient (Wildman–Crippen LogP) is 2.29. The lowest BCUT2D eigenvalue weighted by Crippen LogP contribution is -2.40. The zero-order valence-electron chi connectivity index (χ0n) is 10.1. The first-order valence-corrected chi connectivity index (χ1v) is 9.72. The lowest BCUT2D eigenvalue weighted by molar-refractivity contribution is 0.0626. The van der Waals surface area contributed by atoms with Crippen molar-refractivity contribution in [1.82, 2.24) is 4.72 Å². The largest absolute Gasteiger partial charge is 0.389 e. The number of rotatable bonds is 7. The van der Waals surface area contributed by atoms with Gasteiger partial charge in [0.1, 0.15) is 4.21 Å². The lowest BCUT2D eigenvalue weighted by Gasteiger charge is -2.22. The van der Waals surface area contributed by atoms with E-state index in [0.717, 1.165) is 20.9 Å². The quantitative estimate of drug-likeness (QED) is 0.769. The van der Waals surface area contributed by atoms with Crippen molar-refractivity contribution in [3.8, 4) is 0 Å². The molecule has 1 heterocycles. The molecule has 1 atom stereocenters. The number of hydrogen-bond donors (Lipinski definition) is 2. The van der Waals surface area contributed by atoms with Gasteiger partial charge in [0.2, 0.25) is 10.0 Å². The fourth-order valence-electron chi connectivity index (χ4n) is 1.17. The fraction of sp³-hybridized carbons (Fsp3) is 0.600. The third-order valence-corrected chi connectivity index (χ3v) is 6.43. The van der Waals surface area contributed by atoms with Crippen LogP contribution in [0.1, 0.15) is 13.3 Å². The van der Waals surface area contributed by atoms with Crippen molar-refractivity contribution in [2.75, 3.05) is 18.6 Å². The molecular weight excluding hydrogens is 358 g/mol. The molecule has 0 radical (unpaired) electrons. The van der Waals surface area contributed by atoms with Crippen LogP contribution in [0, 0.1) is 0 Å². The summed E-state index contributed by atoms with van der Waals surface area (Å²) in [6.07, 6.45) is 2.49. The highest BCUT2D eigenvalue weighted by Crippen LogP contribution is 2.26. The Bertz CT molecular complexity index is 484. The Kier molecular flexibility index (Phi) is 6.14. The number of thioether (sulfide) groups is 1. The zero-order chi connectivity index (χ0) is 13.8. The molecule has 18 heavy (non-hydrogen) atoms. The summed E-state index contributed by atoms with van der Waals surface area (Å²) >= 11 is 5.99. The number of halogens is 1. The summed E-state index contributed by atoms with van der Waals surface area (Å²) in [5.41, 5.74) is -1.02. The van der Waals surface area contributed by atoms with E-state index in [4.69, 9.17) is 0 Å². The third-order valence-electron chi connectivity index (χ3n) is 2.30. The van der Waals surface area contributed by atoms with Crippen LogP contribution in [0.5, 0.6) is 0 Å². The first kappa shape index (κ1) is 16.5. The van der Waals surface area contributed by atoms with Crippen LogP contribution in [-0.2, 0) is 10.0 Å². The van der Waals surface area contributed by atoms with Gasteiger partial charge in [0.05, 0.1) is 9.39 Å². The topological polar surface area (TPSA) is 66.4 Å². The van der Waals surface area contributed by atoms with Crippen molar-refractivity contribution in [3.63, 3.8) is 0 Å². The van der Waals surface area contributed by atoms with E-state index in [1.165, 1.54) is 6.07 Å². The van der Waals surface area contributed by atoms with Gasteiger partial charge in [-0.15, -0.1) is 11.3 Å². The maximum atomic E-state index is 11.9. The molecule has 0 aromatic carbocycles. The van der Waals surface area contributed by atoms with Crippen LogP contribution in [0.15, 0.2) is 20.1 Å². The number of thiophene rings is 1. The summed E-state index contributed by atoms with van der Waals surface area (Å²) in [5.74, 6) is 0.791. The second-order valence-corrected chi connectivity index (χ2v) is 9.57. The molecule has 2 N–H and O–H groups in total. The van der Waals surface area contributed by atoms with Gasteiger partial charge in [0.15, 0.2) is 0 Å². The molecule has 0 aliphatic carbocycles. The predicted molar refractivity (Wildman–Crippen MR) is 80.8 cm³/mol. The van der Waals surface area contributed by atoms with Gasteiger partial charge in [0, 0.05) is 6.54 Å². The van der Waals surface area contributed by atoms with E-state index in [9.17, 15) is 13.5 Å². The number of hydrogen-bond acceptors (Lipinski definition) is 5. The van der Waals surface area contributed by atoms with Gasteiger partial charge in [0.25, 0.3) is 0 Å². The summed E-state index contributed by atoms with van der Waals surface area (Å²) < 4.78 is 27.3. The molecule has 0 fully saturated rings. The maximum absolute atomic E-state index is 11.9. The summed E-state index contributed by atoms with van der Waals surface area (Å²) in [6, 6.07) is 3.22. The van der Waals surface area contributed by atoms with Gasteiger partial charge >= 0.3 is 0 Å². The molecule has 0 aliphatic rings. The first-order valence-electron chi connectivity index (χ1n) is 5.23. The first-order chi connectivity index (χ1) is 8.27. The van der Waals surface area contributed by atoms with Crippen molar-refractivity contribution in [2.45, 2.75) is 23.2 Å². The van der Waals surface area contributed by atoms with Crippen LogP contribution in [0.2, 0.25) is 0 Å². The molecule has 0 bridgehead atoms. The van der Waals surface area contributed by atoms with E-state index >= 15 is 0 Å². The van der Waals surface area contributed by atoms with Crippen molar-refractivity contribution < 1.29 is 13.5 Å². The Morgan fingerprint density at radius 3 is 2.72 bits per heavy atom. The van der Waals surface area contributed by atoms with E-state index in [0.29, 0.717) is 6.42 Å². The van der Waals surface area contributed by atoms with Crippen LogP contribution in [0.3, 0.4) is 0 Å². The van der Waals surface area contributed by atoms with Gasteiger partial charge in [-0.1, -0.05) is 0 Å². The van der Waals surface area contributed by atoms with Gasteiger partial charge in [-0.2, -0.15) is 11.8 Å². The molecule has 1 rings (SSSR count). The molecule has 104 valence electrons. The third kappa shape index (κ3) is 5.18. The normalized spacial score (nSPS) is 15.6. The van der Waals surface area contributed by atoms with Crippen LogP contribution in [0.4, 0.5) is 0 Å². The van der Waals surface area contributed by atoms with Crippen molar-refractivity contribution in [1.29, 1.82) is 0 Å². The molecule has 0 saturated heterocycles. The molecule has 0 unspecified atom stereocenters. The molecule has 0 saturated carbocycles. The highest BCUT2D eigenvalue weighted by Gasteiger charge is 2.24. The number of sulfonamides is 1. The molecule has 4 nitrogen and oxygen atoms in total. The molecule has 8 heteroatoms. The minimum atomic E-state index is -3.53. The Labute approximate surface area is 124 Å². The van der Waals surface area contributed by atoms with Gasteiger partial charge in [-0.3, -0.25) is 0 Å². The standard InChI is InChI=1S/C10H16BrNO3S3/c1-10(13,5-6-16-2)7-12-18(14,15)9-4-3-8(11)17-9/h3-4,12-13H,5-7H2,1-2H3/t10-/m1/s1. The second-order valence-electron chi connectivity index (χ2n) is 4.12. The van der Waals surface area contributed by atoms with Crippen LogP contribution < -0.4 is 4.72 Å². The molecule has 1 aromatic rings. The number of aliphatic hydroxyl groups is 1. The van der Waals surface area contributed by atoms with Crippen molar-refractivity contribution in [2.24, 2.45) is 0 Å². The zero-order valence-corrected chi connectivity index (χ0v) is 14.2. The van der Waals surface area contributed by atoms with E-state index < -0.39 is 15.6 Å². The molecular formula is C10H16BrNO3S3. The summed E-state index contributed by atoms with van der Waals surface area (Å²) in [4.78, 5) is 0. The smallest absolute Gasteiger partial charge is 0.250 e. The molecule has 1 aromatic heterocycles. The van der Waals surface area contributed by atoms with Gasteiger partial charge in [-0.25, -0.2) is 13.1 Å².